The molecule has 1 aromatic carbocycles. The first-order valence-corrected chi connectivity index (χ1v) is 9.15. The molecule has 0 aliphatic heterocycles. The first-order valence-electron chi connectivity index (χ1n) is 7.42. The molecule has 0 spiro atoms. The van der Waals surface area contributed by atoms with Crippen molar-refractivity contribution in [1.82, 2.24) is 0 Å². The fourth-order valence-corrected chi connectivity index (χ4v) is 3.07. The summed E-state index contributed by atoms with van der Waals surface area (Å²) in [6.45, 7) is 6.23. The van der Waals surface area contributed by atoms with Gasteiger partial charge in [0, 0.05) is 0 Å². The van der Waals surface area contributed by atoms with Crippen LogP contribution in [-0.2, 0) is 36.3 Å². The molecule has 1 aromatic rings. The molecule has 0 saturated carbocycles. The van der Waals surface area contributed by atoms with Crippen molar-refractivity contribution in [3.63, 3.8) is 0 Å². The number of rotatable bonds is 11. The molecule has 0 N–H and O–H groups in total. The average Bonchev–Trinajstić information content (AvgIpc) is 2.50. The Bertz CT molecular complexity index is 420. The standard InChI is InChI=1S/C15H25O5P/c1-4-7-8-14-9-11-15(12-10-14)13-21(16,19-17-5-2)20-18-6-3/h9-12H,4-8,13H2,1-3H3. The SMILES string of the molecule is CCCCc1ccc(CP(=O)(OOCC)OOCC)cc1. The molecule has 0 aliphatic rings. The molecule has 1 rings (SSSR count). The van der Waals surface area contributed by atoms with Crippen LogP contribution in [0.1, 0.15) is 44.7 Å². The Morgan fingerprint density at radius 2 is 1.43 bits per heavy atom. The first kappa shape index (κ1) is 18.3. The third-order valence-corrected chi connectivity index (χ3v) is 4.20. The van der Waals surface area contributed by atoms with Gasteiger partial charge in [-0.1, -0.05) is 37.6 Å². The van der Waals surface area contributed by atoms with Crippen LogP contribution in [0.15, 0.2) is 24.3 Å². The van der Waals surface area contributed by atoms with E-state index in [1.807, 2.05) is 24.3 Å². The Labute approximate surface area is 126 Å². The molecule has 0 atom stereocenters. The Kier molecular flexibility index (Phi) is 8.81. The smallest absolute Gasteiger partial charge is 0.255 e. The second kappa shape index (κ2) is 10.1. The highest BCUT2D eigenvalue weighted by molar-refractivity contribution is 7.52. The lowest BCUT2D eigenvalue weighted by Crippen LogP contribution is -2.01. The molecule has 21 heavy (non-hydrogen) atoms. The number of benzene rings is 1. The molecule has 120 valence electrons. The molecule has 5 nitrogen and oxygen atoms in total. The first-order chi connectivity index (χ1) is 10.1. The van der Waals surface area contributed by atoms with Gasteiger partial charge in [-0.3, -0.25) is 4.57 Å². The van der Waals surface area contributed by atoms with Crippen LogP contribution in [0, 0.1) is 0 Å². The van der Waals surface area contributed by atoms with E-state index >= 15 is 0 Å². The fraction of sp³-hybridized carbons (Fsp3) is 0.600. The predicted octanol–water partition coefficient (Wildman–Crippen LogP) is 4.66. The van der Waals surface area contributed by atoms with Gasteiger partial charge < -0.3 is 0 Å². The normalized spacial score (nSPS) is 11.8. The molecule has 0 unspecified atom stereocenters. The largest absolute Gasteiger partial charge is 0.388 e. The van der Waals surface area contributed by atoms with E-state index in [0.29, 0.717) is 0 Å². The summed E-state index contributed by atoms with van der Waals surface area (Å²) in [4.78, 5) is 9.55. The van der Waals surface area contributed by atoms with E-state index < -0.39 is 7.60 Å². The number of aryl methyl sites for hydroxylation is 1. The zero-order valence-electron chi connectivity index (χ0n) is 13.0. The summed E-state index contributed by atoms with van der Waals surface area (Å²) in [6, 6.07) is 7.94. The van der Waals surface area contributed by atoms with Crippen LogP contribution in [0.3, 0.4) is 0 Å². The van der Waals surface area contributed by atoms with Crippen molar-refractivity contribution in [2.45, 2.75) is 46.2 Å². The van der Waals surface area contributed by atoms with Gasteiger partial charge in [0.15, 0.2) is 0 Å². The fourth-order valence-electron chi connectivity index (χ4n) is 1.75. The van der Waals surface area contributed by atoms with Crippen molar-refractivity contribution >= 4 is 7.60 Å². The van der Waals surface area contributed by atoms with Gasteiger partial charge in [0.1, 0.15) is 0 Å². The van der Waals surface area contributed by atoms with E-state index in [-0.39, 0.29) is 19.4 Å². The van der Waals surface area contributed by atoms with Gasteiger partial charge in [-0.05, 0) is 37.8 Å². The Balaban J connectivity index is 2.66. The molecule has 0 amide bonds. The summed E-state index contributed by atoms with van der Waals surface area (Å²) in [5, 5.41) is 0. The Morgan fingerprint density at radius 1 is 0.905 bits per heavy atom. The molecular weight excluding hydrogens is 291 g/mol. The lowest BCUT2D eigenvalue weighted by Gasteiger charge is -2.15. The van der Waals surface area contributed by atoms with Gasteiger partial charge in [-0.15, -0.1) is 9.35 Å². The highest BCUT2D eigenvalue weighted by Gasteiger charge is 2.28. The van der Waals surface area contributed by atoms with E-state index in [0.717, 1.165) is 12.0 Å². The molecule has 0 saturated heterocycles. The highest BCUT2D eigenvalue weighted by Crippen LogP contribution is 2.51. The van der Waals surface area contributed by atoms with Crippen LogP contribution in [0.25, 0.3) is 0 Å². The monoisotopic (exact) mass is 316 g/mol. The Morgan fingerprint density at radius 3 is 1.90 bits per heavy atom. The van der Waals surface area contributed by atoms with Crippen molar-refractivity contribution < 1.29 is 23.7 Å². The van der Waals surface area contributed by atoms with Crippen molar-refractivity contribution in [3.05, 3.63) is 35.4 Å². The van der Waals surface area contributed by atoms with E-state index in [4.69, 9.17) is 19.1 Å². The summed E-state index contributed by atoms with van der Waals surface area (Å²) in [6.07, 6.45) is 3.50. The van der Waals surface area contributed by atoms with Crippen molar-refractivity contribution in [2.24, 2.45) is 0 Å². The van der Waals surface area contributed by atoms with Crippen LogP contribution in [-0.4, -0.2) is 13.2 Å². The summed E-state index contributed by atoms with van der Waals surface area (Å²) >= 11 is 0. The summed E-state index contributed by atoms with van der Waals surface area (Å²) in [5.41, 5.74) is 2.13. The molecular formula is C15H25O5P. The van der Waals surface area contributed by atoms with Crippen molar-refractivity contribution in [2.75, 3.05) is 13.2 Å². The number of unbranched alkanes of at least 4 members (excludes halogenated alkanes) is 1. The topological polar surface area (TPSA) is 54.0 Å². The maximum Gasteiger partial charge on any atom is 0.388 e. The lowest BCUT2D eigenvalue weighted by atomic mass is 10.1. The molecule has 0 heterocycles. The van der Waals surface area contributed by atoms with Gasteiger partial charge >= 0.3 is 7.60 Å². The quantitative estimate of drug-likeness (QED) is 0.338. The maximum absolute atomic E-state index is 12.5. The second-order valence-corrected chi connectivity index (χ2v) is 6.49. The van der Waals surface area contributed by atoms with Gasteiger partial charge in [-0.2, -0.15) is 0 Å². The summed E-state index contributed by atoms with van der Waals surface area (Å²) in [5.74, 6) is 0. The van der Waals surface area contributed by atoms with Crippen LogP contribution in [0.4, 0.5) is 0 Å². The minimum Gasteiger partial charge on any atom is -0.255 e. The minimum absolute atomic E-state index is 0.112. The zero-order chi connectivity index (χ0) is 15.6. The number of hydrogen-bond donors (Lipinski definition) is 0. The van der Waals surface area contributed by atoms with Gasteiger partial charge in [0.25, 0.3) is 0 Å². The third-order valence-electron chi connectivity index (χ3n) is 2.79. The maximum atomic E-state index is 12.5. The van der Waals surface area contributed by atoms with E-state index in [9.17, 15) is 4.57 Å². The molecule has 6 heteroatoms. The van der Waals surface area contributed by atoms with Crippen LogP contribution >= 0.6 is 7.60 Å². The van der Waals surface area contributed by atoms with Gasteiger partial charge in [0.2, 0.25) is 0 Å². The molecule has 0 bridgehead atoms. The lowest BCUT2D eigenvalue weighted by molar-refractivity contribution is -0.263. The van der Waals surface area contributed by atoms with Crippen LogP contribution < -0.4 is 0 Å². The minimum atomic E-state index is -3.46. The predicted molar refractivity (Wildman–Crippen MR) is 81.8 cm³/mol. The molecule has 0 aromatic heterocycles. The van der Waals surface area contributed by atoms with Crippen LogP contribution in [0.2, 0.25) is 0 Å². The Hall–Kier alpha value is -0.710. The van der Waals surface area contributed by atoms with Crippen LogP contribution in [0.5, 0.6) is 0 Å². The third kappa shape index (κ3) is 7.21. The molecule has 0 fully saturated rings. The molecule has 0 radical (unpaired) electrons. The number of hydrogen-bond acceptors (Lipinski definition) is 5. The van der Waals surface area contributed by atoms with Gasteiger partial charge in [-0.25, -0.2) is 9.78 Å². The summed E-state index contributed by atoms with van der Waals surface area (Å²) < 4.78 is 22.2. The second-order valence-electron chi connectivity index (χ2n) is 4.65. The van der Waals surface area contributed by atoms with Crippen molar-refractivity contribution in [3.8, 4) is 0 Å². The summed E-state index contributed by atoms with van der Waals surface area (Å²) in [7, 11) is -3.46. The van der Waals surface area contributed by atoms with E-state index in [1.165, 1.54) is 18.4 Å². The zero-order valence-corrected chi connectivity index (χ0v) is 13.9. The molecule has 0 aliphatic carbocycles. The highest BCUT2D eigenvalue weighted by atomic mass is 31.2. The average molecular weight is 316 g/mol. The van der Waals surface area contributed by atoms with E-state index in [2.05, 4.69) is 6.92 Å². The van der Waals surface area contributed by atoms with Gasteiger partial charge in [0.05, 0.1) is 19.4 Å². The van der Waals surface area contributed by atoms with E-state index in [1.54, 1.807) is 13.8 Å². The van der Waals surface area contributed by atoms with Crippen molar-refractivity contribution in [1.29, 1.82) is 0 Å².